The van der Waals surface area contributed by atoms with Crippen molar-refractivity contribution >= 4 is 5.82 Å². The number of aryl methyl sites for hydroxylation is 2. The van der Waals surface area contributed by atoms with E-state index in [1.165, 1.54) is 48.3 Å². The Morgan fingerprint density at radius 3 is 2.94 bits per heavy atom. The van der Waals surface area contributed by atoms with Gasteiger partial charge in [-0.15, -0.1) is 0 Å². The Labute approximate surface area is 109 Å². The molecule has 0 saturated carbocycles. The summed E-state index contributed by atoms with van der Waals surface area (Å²) in [6.07, 6.45) is 6.21. The first-order valence-electron chi connectivity index (χ1n) is 7.24. The average Bonchev–Trinajstić information content (AvgIpc) is 2.83. The summed E-state index contributed by atoms with van der Waals surface area (Å²) in [5.74, 6) is 1.95. The Hall–Kier alpha value is -1.09. The largest absolute Gasteiger partial charge is 0.356 e. The van der Waals surface area contributed by atoms with Crippen LogP contribution in [0.15, 0.2) is 6.07 Å². The molecule has 18 heavy (non-hydrogen) atoms. The second-order valence-electron chi connectivity index (χ2n) is 5.83. The van der Waals surface area contributed by atoms with Crippen LogP contribution in [-0.4, -0.2) is 18.1 Å². The number of pyridine rings is 1. The normalized spacial score (nSPS) is 23.2. The fourth-order valence-corrected chi connectivity index (χ4v) is 3.22. The maximum absolute atomic E-state index is 5.92. The number of aromatic nitrogens is 1. The van der Waals surface area contributed by atoms with Gasteiger partial charge >= 0.3 is 0 Å². The smallest absolute Gasteiger partial charge is 0.133 e. The average molecular weight is 245 g/mol. The standard InChI is InChI=1S/C15H23N3/c1-11-6-7-18(10-11)15-13(9-16)8-12-4-2-3-5-14(12)17-15/h8,11H,2-7,9-10,16H2,1H3. The van der Waals surface area contributed by atoms with Crippen molar-refractivity contribution in [3.05, 3.63) is 22.9 Å². The summed E-state index contributed by atoms with van der Waals surface area (Å²) in [6, 6.07) is 2.32. The molecule has 1 fully saturated rings. The number of hydrogen-bond acceptors (Lipinski definition) is 3. The zero-order chi connectivity index (χ0) is 12.5. The molecule has 1 aliphatic heterocycles. The van der Waals surface area contributed by atoms with Crippen molar-refractivity contribution < 1.29 is 0 Å². The van der Waals surface area contributed by atoms with E-state index in [9.17, 15) is 0 Å². The highest BCUT2D eigenvalue weighted by molar-refractivity contribution is 5.51. The molecule has 2 aliphatic rings. The number of anilines is 1. The number of nitrogens with zero attached hydrogens (tertiary/aromatic N) is 2. The van der Waals surface area contributed by atoms with Crippen LogP contribution in [0.4, 0.5) is 5.82 Å². The third kappa shape index (κ3) is 2.12. The molecule has 3 nitrogen and oxygen atoms in total. The molecule has 0 aromatic carbocycles. The summed E-state index contributed by atoms with van der Waals surface area (Å²) < 4.78 is 0. The third-order valence-electron chi connectivity index (χ3n) is 4.30. The molecule has 3 rings (SSSR count). The number of nitrogens with two attached hydrogens (primary N) is 1. The predicted molar refractivity (Wildman–Crippen MR) is 74.8 cm³/mol. The summed E-state index contributed by atoms with van der Waals surface area (Å²) in [4.78, 5) is 7.38. The molecule has 1 aromatic rings. The van der Waals surface area contributed by atoms with Gasteiger partial charge in [-0.1, -0.05) is 6.92 Å². The van der Waals surface area contributed by atoms with E-state index >= 15 is 0 Å². The molecule has 0 bridgehead atoms. The first-order valence-corrected chi connectivity index (χ1v) is 7.24. The van der Waals surface area contributed by atoms with E-state index in [-0.39, 0.29) is 0 Å². The Bertz CT molecular complexity index is 442. The van der Waals surface area contributed by atoms with Crippen LogP contribution in [0.25, 0.3) is 0 Å². The molecule has 98 valence electrons. The molecular formula is C15H23N3. The van der Waals surface area contributed by atoms with Gasteiger partial charge in [0.05, 0.1) is 0 Å². The maximum Gasteiger partial charge on any atom is 0.133 e. The van der Waals surface area contributed by atoms with Gasteiger partial charge in [0.1, 0.15) is 5.82 Å². The third-order valence-corrected chi connectivity index (χ3v) is 4.30. The molecule has 3 heteroatoms. The van der Waals surface area contributed by atoms with Crippen LogP contribution >= 0.6 is 0 Å². The van der Waals surface area contributed by atoms with Gasteiger partial charge in [0.25, 0.3) is 0 Å². The van der Waals surface area contributed by atoms with Crippen LogP contribution in [0.2, 0.25) is 0 Å². The highest BCUT2D eigenvalue weighted by Crippen LogP contribution is 2.29. The molecule has 0 spiro atoms. The van der Waals surface area contributed by atoms with Gasteiger partial charge < -0.3 is 10.6 Å². The van der Waals surface area contributed by atoms with E-state index in [0.29, 0.717) is 6.54 Å². The molecule has 2 heterocycles. The minimum absolute atomic E-state index is 0.612. The van der Waals surface area contributed by atoms with Crippen LogP contribution in [0.5, 0.6) is 0 Å². The van der Waals surface area contributed by atoms with Crippen LogP contribution in [-0.2, 0) is 19.4 Å². The van der Waals surface area contributed by atoms with Crippen LogP contribution in [0, 0.1) is 5.92 Å². The second-order valence-corrected chi connectivity index (χ2v) is 5.83. The molecule has 0 radical (unpaired) electrons. The number of rotatable bonds is 2. The Morgan fingerprint density at radius 1 is 1.39 bits per heavy atom. The summed E-state index contributed by atoms with van der Waals surface area (Å²) >= 11 is 0. The van der Waals surface area contributed by atoms with E-state index in [0.717, 1.165) is 25.4 Å². The van der Waals surface area contributed by atoms with E-state index in [4.69, 9.17) is 10.7 Å². The van der Waals surface area contributed by atoms with Crippen molar-refractivity contribution in [2.75, 3.05) is 18.0 Å². The monoisotopic (exact) mass is 245 g/mol. The molecule has 1 aromatic heterocycles. The highest BCUT2D eigenvalue weighted by atomic mass is 15.2. The van der Waals surface area contributed by atoms with E-state index < -0.39 is 0 Å². The molecule has 2 N–H and O–H groups in total. The van der Waals surface area contributed by atoms with Crippen molar-refractivity contribution in [1.82, 2.24) is 4.98 Å². The zero-order valence-electron chi connectivity index (χ0n) is 11.3. The maximum atomic E-state index is 5.92. The summed E-state index contributed by atoms with van der Waals surface area (Å²) in [5, 5.41) is 0. The predicted octanol–water partition coefficient (Wildman–Crippen LogP) is 2.27. The van der Waals surface area contributed by atoms with Crippen LogP contribution < -0.4 is 10.6 Å². The van der Waals surface area contributed by atoms with Gasteiger partial charge in [-0.05, 0) is 49.7 Å². The molecule has 0 amide bonds. The topological polar surface area (TPSA) is 42.2 Å². The SMILES string of the molecule is CC1CCN(c2nc3c(cc2CN)CCCC3)C1. The summed E-state index contributed by atoms with van der Waals surface area (Å²) in [7, 11) is 0. The number of hydrogen-bond donors (Lipinski definition) is 1. The van der Waals surface area contributed by atoms with E-state index in [1.807, 2.05) is 0 Å². The van der Waals surface area contributed by atoms with Crippen molar-refractivity contribution in [2.24, 2.45) is 11.7 Å². The zero-order valence-corrected chi connectivity index (χ0v) is 11.3. The van der Waals surface area contributed by atoms with Crippen molar-refractivity contribution in [1.29, 1.82) is 0 Å². The lowest BCUT2D eigenvalue weighted by molar-refractivity contribution is 0.653. The minimum atomic E-state index is 0.612. The second kappa shape index (κ2) is 4.88. The van der Waals surface area contributed by atoms with Crippen LogP contribution in [0.1, 0.15) is 43.0 Å². The van der Waals surface area contributed by atoms with Gasteiger partial charge in [0, 0.05) is 30.9 Å². The lowest BCUT2D eigenvalue weighted by Crippen LogP contribution is -2.24. The first-order chi connectivity index (χ1) is 8.78. The van der Waals surface area contributed by atoms with E-state index in [1.54, 1.807) is 0 Å². The summed E-state index contributed by atoms with van der Waals surface area (Å²) in [6.45, 7) is 5.21. The Morgan fingerprint density at radius 2 is 2.22 bits per heavy atom. The quantitative estimate of drug-likeness (QED) is 0.869. The van der Waals surface area contributed by atoms with Crippen molar-refractivity contribution in [3.63, 3.8) is 0 Å². The summed E-state index contributed by atoms with van der Waals surface area (Å²) in [5.41, 5.74) is 9.93. The number of fused-ring (bicyclic) bond motifs is 1. The van der Waals surface area contributed by atoms with E-state index in [2.05, 4.69) is 17.9 Å². The molecular weight excluding hydrogens is 222 g/mol. The van der Waals surface area contributed by atoms with Gasteiger partial charge in [-0.3, -0.25) is 0 Å². The molecule has 1 atom stereocenters. The Balaban J connectivity index is 1.97. The lowest BCUT2D eigenvalue weighted by atomic mass is 9.94. The highest BCUT2D eigenvalue weighted by Gasteiger charge is 2.23. The molecule has 1 aliphatic carbocycles. The molecule has 1 saturated heterocycles. The van der Waals surface area contributed by atoms with Gasteiger partial charge in [-0.2, -0.15) is 0 Å². The fraction of sp³-hybridized carbons (Fsp3) is 0.667. The fourth-order valence-electron chi connectivity index (χ4n) is 3.22. The van der Waals surface area contributed by atoms with Crippen LogP contribution in [0.3, 0.4) is 0 Å². The van der Waals surface area contributed by atoms with Gasteiger partial charge in [0.2, 0.25) is 0 Å². The first kappa shape index (κ1) is 12.0. The lowest BCUT2D eigenvalue weighted by Gasteiger charge is -2.24. The van der Waals surface area contributed by atoms with Gasteiger partial charge in [-0.25, -0.2) is 4.98 Å². The van der Waals surface area contributed by atoms with Crippen molar-refractivity contribution in [2.45, 2.75) is 45.6 Å². The Kier molecular flexibility index (Phi) is 3.25. The van der Waals surface area contributed by atoms with Crippen molar-refractivity contribution in [3.8, 4) is 0 Å². The van der Waals surface area contributed by atoms with Gasteiger partial charge in [0.15, 0.2) is 0 Å². The minimum Gasteiger partial charge on any atom is -0.356 e. The molecule has 1 unspecified atom stereocenters.